The minimum Gasteiger partial charge on any atom is -0.443 e. The Hall–Kier alpha value is -1.74. The molecule has 0 aliphatic carbocycles. The Labute approximate surface area is 133 Å². The third-order valence-electron chi connectivity index (χ3n) is 3.16. The van der Waals surface area contributed by atoms with E-state index in [-0.39, 0.29) is 6.09 Å². The van der Waals surface area contributed by atoms with Crippen LogP contribution >= 0.6 is 15.9 Å². The maximum absolute atomic E-state index is 12.4. The smallest absolute Gasteiger partial charge is 0.414 e. The first kappa shape index (κ1) is 15.6. The zero-order valence-electron chi connectivity index (χ0n) is 12.6. The van der Waals surface area contributed by atoms with E-state index in [1.165, 1.54) is 0 Å². The zero-order valence-corrected chi connectivity index (χ0v) is 14.2. The number of likely N-dealkylation sites (N-methyl/N-ethyl adjacent to an activating group) is 1. The molecule has 2 rings (SSSR count). The van der Waals surface area contributed by atoms with Crippen molar-refractivity contribution in [3.63, 3.8) is 0 Å². The van der Waals surface area contributed by atoms with E-state index in [1.54, 1.807) is 11.0 Å². The van der Waals surface area contributed by atoms with E-state index in [0.717, 1.165) is 10.2 Å². The molecule has 1 heterocycles. The van der Waals surface area contributed by atoms with Crippen molar-refractivity contribution in [3.05, 3.63) is 22.2 Å². The summed E-state index contributed by atoms with van der Waals surface area (Å²) in [5.74, 6) is 0. The second-order valence-electron chi connectivity index (χ2n) is 5.99. The Morgan fingerprint density at radius 1 is 1.33 bits per heavy atom. The summed E-state index contributed by atoms with van der Waals surface area (Å²) in [5.41, 5.74) is 1.56. The highest BCUT2D eigenvalue weighted by atomic mass is 79.9. The van der Waals surface area contributed by atoms with Crippen LogP contribution in [0.5, 0.6) is 0 Å². The molecular formula is C15H18BrN3O2. The number of hydrogen-bond acceptors (Lipinski definition) is 4. The van der Waals surface area contributed by atoms with Crippen molar-refractivity contribution in [2.75, 3.05) is 29.9 Å². The molecule has 1 aromatic rings. The molecule has 1 aromatic carbocycles. The Morgan fingerprint density at radius 3 is 2.57 bits per heavy atom. The van der Waals surface area contributed by atoms with Gasteiger partial charge in [-0.2, -0.15) is 5.26 Å². The summed E-state index contributed by atoms with van der Waals surface area (Å²) in [7, 11) is 1.96. The van der Waals surface area contributed by atoms with E-state index >= 15 is 0 Å². The number of rotatable bonds is 0. The van der Waals surface area contributed by atoms with Gasteiger partial charge in [-0.1, -0.05) is 0 Å². The molecule has 0 saturated heterocycles. The van der Waals surface area contributed by atoms with Crippen LogP contribution in [0.4, 0.5) is 16.2 Å². The van der Waals surface area contributed by atoms with E-state index in [0.29, 0.717) is 24.3 Å². The van der Waals surface area contributed by atoms with Crippen molar-refractivity contribution in [1.82, 2.24) is 0 Å². The number of anilines is 2. The fourth-order valence-electron chi connectivity index (χ4n) is 2.16. The molecule has 112 valence electrons. The topological polar surface area (TPSA) is 56.6 Å². The standard InChI is InChI=1S/C15H18BrN3O2/c1-15(2,3)21-14(20)19-6-5-18(4)12-8-11(16)10(9-17)7-13(12)19/h7-8H,5-6H2,1-4H3. The van der Waals surface area contributed by atoms with Gasteiger partial charge in [0.15, 0.2) is 0 Å². The molecule has 0 radical (unpaired) electrons. The van der Waals surface area contributed by atoms with Crippen LogP contribution in [0.2, 0.25) is 0 Å². The van der Waals surface area contributed by atoms with E-state index in [4.69, 9.17) is 10.00 Å². The monoisotopic (exact) mass is 351 g/mol. The highest BCUT2D eigenvalue weighted by Crippen LogP contribution is 2.37. The molecule has 0 fully saturated rings. The minimum atomic E-state index is -0.548. The largest absolute Gasteiger partial charge is 0.443 e. The van der Waals surface area contributed by atoms with E-state index < -0.39 is 5.60 Å². The molecular weight excluding hydrogens is 334 g/mol. The molecule has 0 atom stereocenters. The first-order valence-corrected chi connectivity index (χ1v) is 7.47. The summed E-state index contributed by atoms with van der Waals surface area (Å²) in [6.07, 6.45) is -0.386. The molecule has 0 bridgehead atoms. The van der Waals surface area contributed by atoms with Crippen molar-refractivity contribution in [2.24, 2.45) is 0 Å². The number of carbonyl (C=O) groups is 1. The Bertz CT molecular complexity index is 617. The second-order valence-corrected chi connectivity index (χ2v) is 6.84. The molecule has 21 heavy (non-hydrogen) atoms. The molecule has 6 heteroatoms. The highest BCUT2D eigenvalue weighted by Gasteiger charge is 2.30. The van der Waals surface area contributed by atoms with Gasteiger partial charge in [-0.05, 0) is 48.8 Å². The van der Waals surface area contributed by atoms with Gasteiger partial charge in [0.05, 0.1) is 16.9 Å². The minimum absolute atomic E-state index is 0.386. The van der Waals surface area contributed by atoms with Gasteiger partial charge in [-0.3, -0.25) is 4.90 Å². The summed E-state index contributed by atoms with van der Waals surface area (Å²) < 4.78 is 6.17. The van der Waals surface area contributed by atoms with Crippen LogP contribution in [-0.4, -0.2) is 31.8 Å². The van der Waals surface area contributed by atoms with Gasteiger partial charge < -0.3 is 9.64 Å². The highest BCUT2D eigenvalue weighted by molar-refractivity contribution is 9.10. The number of halogens is 1. The lowest BCUT2D eigenvalue weighted by Gasteiger charge is -2.36. The van der Waals surface area contributed by atoms with Crippen LogP contribution in [-0.2, 0) is 4.74 Å². The molecule has 0 aromatic heterocycles. The van der Waals surface area contributed by atoms with Crippen LogP contribution in [0.1, 0.15) is 26.3 Å². The molecule has 0 saturated carbocycles. The maximum Gasteiger partial charge on any atom is 0.414 e. The van der Waals surface area contributed by atoms with Gasteiger partial charge in [0, 0.05) is 24.6 Å². The number of benzene rings is 1. The Balaban J connectivity index is 2.44. The Kier molecular flexibility index (Phi) is 4.15. The van der Waals surface area contributed by atoms with Crippen LogP contribution in [0, 0.1) is 11.3 Å². The average molecular weight is 352 g/mol. The molecule has 1 amide bonds. The van der Waals surface area contributed by atoms with Crippen molar-refractivity contribution in [1.29, 1.82) is 5.26 Å². The van der Waals surface area contributed by atoms with Crippen LogP contribution in [0.25, 0.3) is 0 Å². The lowest BCUT2D eigenvalue weighted by atomic mass is 10.1. The van der Waals surface area contributed by atoms with Gasteiger partial charge in [0.1, 0.15) is 11.7 Å². The third kappa shape index (κ3) is 3.30. The molecule has 5 nitrogen and oxygen atoms in total. The first-order valence-electron chi connectivity index (χ1n) is 6.68. The Morgan fingerprint density at radius 2 is 2.00 bits per heavy atom. The fraction of sp³-hybridized carbons (Fsp3) is 0.467. The van der Waals surface area contributed by atoms with Gasteiger partial charge in [-0.15, -0.1) is 0 Å². The van der Waals surface area contributed by atoms with Gasteiger partial charge >= 0.3 is 6.09 Å². The van der Waals surface area contributed by atoms with Crippen molar-refractivity contribution >= 4 is 33.4 Å². The number of ether oxygens (including phenoxy) is 1. The predicted octanol–water partition coefficient (Wildman–Crippen LogP) is 3.51. The number of nitrogens with zero attached hydrogens (tertiary/aromatic N) is 3. The summed E-state index contributed by atoms with van der Waals surface area (Å²) in [6.45, 7) is 6.76. The molecule has 1 aliphatic rings. The molecule has 0 N–H and O–H groups in total. The van der Waals surface area contributed by atoms with Gasteiger partial charge in [-0.25, -0.2) is 4.79 Å². The quantitative estimate of drug-likeness (QED) is 0.717. The number of fused-ring (bicyclic) bond motifs is 1. The fourth-order valence-corrected chi connectivity index (χ4v) is 2.58. The number of nitriles is 1. The molecule has 0 spiro atoms. The lowest BCUT2D eigenvalue weighted by Crippen LogP contribution is -2.45. The van der Waals surface area contributed by atoms with E-state index in [2.05, 4.69) is 26.9 Å². The van der Waals surface area contributed by atoms with E-state index in [1.807, 2.05) is 33.9 Å². The SMILES string of the molecule is CN1CCN(C(=O)OC(C)(C)C)c2cc(C#N)c(Br)cc21. The maximum atomic E-state index is 12.4. The van der Waals surface area contributed by atoms with Gasteiger partial charge in [0.2, 0.25) is 0 Å². The van der Waals surface area contributed by atoms with Crippen molar-refractivity contribution < 1.29 is 9.53 Å². The van der Waals surface area contributed by atoms with Crippen molar-refractivity contribution in [2.45, 2.75) is 26.4 Å². The summed E-state index contributed by atoms with van der Waals surface area (Å²) in [5, 5.41) is 9.17. The van der Waals surface area contributed by atoms with E-state index in [9.17, 15) is 4.79 Å². The van der Waals surface area contributed by atoms with Crippen LogP contribution in [0.3, 0.4) is 0 Å². The summed E-state index contributed by atoms with van der Waals surface area (Å²) in [4.78, 5) is 16.0. The lowest BCUT2D eigenvalue weighted by molar-refractivity contribution is 0.0580. The summed E-state index contributed by atoms with van der Waals surface area (Å²) in [6, 6.07) is 5.71. The molecule has 0 unspecified atom stereocenters. The zero-order chi connectivity index (χ0) is 15.8. The number of amides is 1. The third-order valence-corrected chi connectivity index (χ3v) is 3.82. The van der Waals surface area contributed by atoms with Gasteiger partial charge in [0.25, 0.3) is 0 Å². The molecule has 1 aliphatic heterocycles. The predicted molar refractivity (Wildman–Crippen MR) is 85.7 cm³/mol. The second kappa shape index (κ2) is 5.57. The van der Waals surface area contributed by atoms with Crippen molar-refractivity contribution in [3.8, 4) is 6.07 Å². The first-order chi connectivity index (χ1) is 9.73. The summed E-state index contributed by atoms with van der Waals surface area (Å²) >= 11 is 3.38. The number of carbonyl (C=O) groups excluding carboxylic acids is 1. The average Bonchev–Trinajstić information content (AvgIpc) is 2.37. The van der Waals surface area contributed by atoms with Crippen LogP contribution in [0.15, 0.2) is 16.6 Å². The van der Waals surface area contributed by atoms with Crippen LogP contribution < -0.4 is 9.80 Å². The number of hydrogen-bond donors (Lipinski definition) is 0. The normalized spacial score (nSPS) is 14.5.